The fourth-order valence-corrected chi connectivity index (χ4v) is 2.47. The molecule has 3 nitrogen and oxygen atoms in total. The van der Waals surface area contributed by atoms with E-state index in [2.05, 4.69) is 0 Å². The molecule has 0 atom stereocenters. The zero-order chi connectivity index (χ0) is 14.8. The molecule has 0 amide bonds. The van der Waals surface area contributed by atoms with Crippen molar-refractivity contribution in [2.75, 3.05) is 0 Å². The van der Waals surface area contributed by atoms with Crippen molar-refractivity contribution in [3.63, 3.8) is 0 Å². The van der Waals surface area contributed by atoms with Crippen LogP contribution in [0.5, 0.6) is 5.75 Å². The zero-order valence-electron chi connectivity index (χ0n) is 12.6. The highest BCUT2D eigenvalue weighted by Crippen LogP contribution is 2.39. The number of hydrogen-bond acceptors (Lipinski definition) is 3. The van der Waals surface area contributed by atoms with Gasteiger partial charge in [0.2, 0.25) is 0 Å². The molecule has 0 unspecified atom stereocenters. The number of ether oxygens (including phenoxy) is 1. The maximum Gasteiger partial charge on any atom is 0.316 e. The van der Waals surface area contributed by atoms with Crippen molar-refractivity contribution in [1.29, 1.82) is 0 Å². The Kier molecular flexibility index (Phi) is 4.19. The molecule has 0 aromatic heterocycles. The number of esters is 1. The van der Waals surface area contributed by atoms with Crippen LogP contribution in [0.15, 0.2) is 24.3 Å². The summed E-state index contributed by atoms with van der Waals surface area (Å²) in [4.78, 5) is 12.0. The molecule has 1 fully saturated rings. The number of hydrogen-bond donors (Lipinski definition) is 1. The molecule has 1 aromatic carbocycles. The second-order valence-corrected chi connectivity index (χ2v) is 6.39. The summed E-state index contributed by atoms with van der Waals surface area (Å²) in [6, 6.07) is 7.28. The Balaban J connectivity index is 2.07. The SMILES string of the molecule is CCC(C)(C)C(=O)Oc1ccc(C2(O)CCCC2)cc1. The quantitative estimate of drug-likeness (QED) is 0.672. The van der Waals surface area contributed by atoms with Gasteiger partial charge in [-0.3, -0.25) is 4.79 Å². The van der Waals surface area contributed by atoms with Gasteiger partial charge in [-0.05, 0) is 50.8 Å². The molecule has 0 bridgehead atoms. The number of carbonyl (C=O) groups is 1. The summed E-state index contributed by atoms with van der Waals surface area (Å²) >= 11 is 0. The van der Waals surface area contributed by atoms with Crippen LogP contribution < -0.4 is 4.74 Å². The minimum absolute atomic E-state index is 0.215. The van der Waals surface area contributed by atoms with Gasteiger partial charge >= 0.3 is 5.97 Å². The van der Waals surface area contributed by atoms with E-state index in [-0.39, 0.29) is 5.97 Å². The van der Waals surface area contributed by atoms with Crippen LogP contribution in [0.2, 0.25) is 0 Å². The third kappa shape index (κ3) is 3.04. The van der Waals surface area contributed by atoms with Crippen LogP contribution in [0.25, 0.3) is 0 Å². The summed E-state index contributed by atoms with van der Waals surface area (Å²) in [5.74, 6) is 0.328. The van der Waals surface area contributed by atoms with Gasteiger partial charge < -0.3 is 9.84 Å². The van der Waals surface area contributed by atoms with Gasteiger partial charge in [-0.2, -0.15) is 0 Å². The molecule has 2 rings (SSSR count). The summed E-state index contributed by atoms with van der Waals surface area (Å²) < 4.78 is 5.40. The van der Waals surface area contributed by atoms with Crippen LogP contribution in [-0.4, -0.2) is 11.1 Å². The number of benzene rings is 1. The van der Waals surface area contributed by atoms with Crippen molar-refractivity contribution in [3.8, 4) is 5.75 Å². The van der Waals surface area contributed by atoms with Crippen molar-refractivity contribution in [1.82, 2.24) is 0 Å². The van der Waals surface area contributed by atoms with Crippen molar-refractivity contribution in [2.24, 2.45) is 5.41 Å². The van der Waals surface area contributed by atoms with E-state index >= 15 is 0 Å². The molecule has 0 heterocycles. The topological polar surface area (TPSA) is 46.5 Å². The van der Waals surface area contributed by atoms with E-state index in [9.17, 15) is 9.90 Å². The van der Waals surface area contributed by atoms with Crippen molar-refractivity contribution >= 4 is 5.97 Å². The Labute approximate surface area is 121 Å². The van der Waals surface area contributed by atoms with Crippen molar-refractivity contribution in [2.45, 2.75) is 58.5 Å². The minimum atomic E-state index is -0.689. The Bertz CT molecular complexity index is 468. The molecule has 1 aliphatic rings. The molecule has 1 saturated carbocycles. The molecular weight excluding hydrogens is 252 g/mol. The van der Waals surface area contributed by atoms with Gasteiger partial charge in [0.05, 0.1) is 11.0 Å². The second kappa shape index (κ2) is 5.57. The molecule has 0 aliphatic heterocycles. The molecule has 1 aromatic rings. The highest BCUT2D eigenvalue weighted by molar-refractivity contribution is 5.78. The average Bonchev–Trinajstić information content (AvgIpc) is 2.87. The summed E-state index contributed by atoms with van der Waals surface area (Å²) in [5, 5.41) is 10.5. The molecule has 110 valence electrons. The molecule has 3 heteroatoms. The normalized spacial score (nSPS) is 18.0. The highest BCUT2D eigenvalue weighted by Gasteiger charge is 2.33. The predicted octanol–water partition coefficient (Wildman–Crippen LogP) is 3.79. The standard InChI is InChI=1S/C17H24O3/c1-4-16(2,3)15(18)20-14-9-7-13(8-10-14)17(19)11-5-6-12-17/h7-10,19H,4-6,11-12H2,1-3H3. The Morgan fingerprint density at radius 3 is 2.30 bits per heavy atom. The number of aliphatic hydroxyl groups is 1. The third-order valence-electron chi connectivity index (χ3n) is 4.47. The summed E-state index contributed by atoms with van der Waals surface area (Å²) in [5.41, 5.74) is -0.238. The molecule has 20 heavy (non-hydrogen) atoms. The highest BCUT2D eigenvalue weighted by atomic mass is 16.5. The number of rotatable bonds is 4. The van der Waals surface area contributed by atoms with Crippen LogP contribution in [0, 0.1) is 5.41 Å². The van der Waals surface area contributed by atoms with Gasteiger partial charge in [-0.15, -0.1) is 0 Å². The first-order chi connectivity index (χ1) is 9.37. The van der Waals surface area contributed by atoms with E-state index in [0.29, 0.717) is 5.75 Å². The predicted molar refractivity (Wildman–Crippen MR) is 78.5 cm³/mol. The van der Waals surface area contributed by atoms with Crippen molar-refractivity contribution in [3.05, 3.63) is 29.8 Å². The van der Waals surface area contributed by atoms with E-state index < -0.39 is 11.0 Å². The summed E-state index contributed by atoms with van der Waals surface area (Å²) in [6.45, 7) is 5.73. The first kappa shape index (κ1) is 15.0. The Morgan fingerprint density at radius 2 is 1.80 bits per heavy atom. The maximum atomic E-state index is 12.0. The third-order valence-corrected chi connectivity index (χ3v) is 4.47. The Hall–Kier alpha value is -1.35. The van der Waals surface area contributed by atoms with Crippen LogP contribution in [0.4, 0.5) is 0 Å². The lowest BCUT2D eigenvalue weighted by molar-refractivity contribution is -0.144. The van der Waals surface area contributed by atoms with Crippen LogP contribution in [-0.2, 0) is 10.4 Å². The monoisotopic (exact) mass is 276 g/mol. The average molecular weight is 276 g/mol. The molecule has 1 aliphatic carbocycles. The first-order valence-electron chi connectivity index (χ1n) is 7.43. The van der Waals surface area contributed by atoms with E-state index in [1.807, 2.05) is 32.9 Å². The van der Waals surface area contributed by atoms with Gasteiger partial charge in [0.15, 0.2) is 0 Å². The second-order valence-electron chi connectivity index (χ2n) is 6.39. The van der Waals surface area contributed by atoms with Gasteiger partial charge in [0, 0.05) is 0 Å². The Morgan fingerprint density at radius 1 is 1.25 bits per heavy atom. The first-order valence-corrected chi connectivity index (χ1v) is 7.43. The van der Waals surface area contributed by atoms with Gasteiger partial charge in [0.25, 0.3) is 0 Å². The fourth-order valence-electron chi connectivity index (χ4n) is 2.47. The fraction of sp³-hybridized carbons (Fsp3) is 0.588. The smallest absolute Gasteiger partial charge is 0.316 e. The van der Waals surface area contributed by atoms with E-state index in [0.717, 1.165) is 37.7 Å². The van der Waals surface area contributed by atoms with Crippen LogP contribution in [0.1, 0.15) is 58.4 Å². The maximum absolute atomic E-state index is 12.0. The summed E-state index contributed by atoms with van der Waals surface area (Å²) in [6.07, 6.45) is 4.50. The van der Waals surface area contributed by atoms with E-state index in [4.69, 9.17) is 4.74 Å². The molecule has 0 radical (unpaired) electrons. The van der Waals surface area contributed by atoms with Gasteiger partial charge in [-0.1, -0.05) is 31.9 Å². The lowest BCUT2D eigenvalue weighted by atomic mass is 9.90. The van der Waals surface area contributed by atoms with Gasteiger partial charge in [0.1, 0.15) is 5.75 Å². The minimum Gasteiger partial charge on any atom is -0.426 e. The van der Waals surface area contributed by atoms with Gasteiger partial charge in [-0.25, -0.2) is 0 Å². The zero-order valence-corrected chi connectivity index (χ0v) is 12.6. The lowest BCUT2D eigenvalue weighted by Crippen LogP contribution is -2.28. The molecular formula is C17H24O3. The van der Waals surface area contributed by atoms with E-state index in [1.165, 1.54) is 0 Å². The number of carbonyl (C=O) groups excluding carboxylic acids is 1. The molecule has 0 saturated heterocycles. The van der Waals surface area contributed by atoms with Crippen molar-refractivity contribution < 1.29 is 14.6 Å². The molecule has 1 N–H and O–H groups in total. The van der Waals surface area contributed by atoms with E-state index in [1.54, 1.807) is 12.1 Å². The largest absolute Gasteiger partial charge is 0.426 e. The summed E-state index contributed by atoms with van der Waals surface area (Å²) in [7, 11) is 0. The lowest BCUT2D eigenvalue weighted by Gasteiger charge is -2.23. The van der Waals surface area contributed by atoms with Crippen LogP contribution in [0.3, 0.4) is 0 Å². The molecule has 0 spiro atoms. The van der Waals surface area contributed by atoms with Crippen LogP contribution >= 0.6 is 0 Å².